The first-order chi connectivity index (χ1) is 6.60. The monoisotopic (exact) mass is 212 g/mol. The molecule has 0 saturated heterocycles. The first-order valence-electron chi connectivity index (χ1n) is 4.84. The van der Waals surface area contributed by atoms with E-state index in [-0.39, 0.29) is 0 Å². The molecule has 0 saturated carbocycles. The molecule has 0 aromatic heterocycles. The lowest BCUT2D eigenvalue weighted by atomic mass is 10.2. The number of rotatable bonds is 2. The summed E-state index contributed by atoms with van der Waals surface area (Å²) in [6, 6.07) is 7.75. The van der Waals surface area contributed by atoms with E-state index >= 15 is 0 Å². The summed E-state index contributed by atoms with van der Waals surface area (Å²) < 4.78 is 0. The third-order valence-electron chi connectivity index (χ3n) is 1.80. The number of carbonyl (C=O) groups is 1. The van der Waals surface area contributed by atoms with Gasteiger partial charge in [-0.25, -0.2) is 0 Å². The van der Waals surface area contributed by atoms with Gasteiger partial charge in [-0.1, -0.05) is 43.1 Å². The average Bonchev–Trinajstić information content (AvgIpc) is 2.22. The molecule has 1 aromatic carbocycles. The number of halogens is 1. The first-order valence-corrected chi connectivity index (χ1v) is 5.21. The summed E-state index contributed by atoms with van der Waals surface area (Å²) in [5.74, 6) is 0.343. The summed E-state index contributed by atoms with van der Waals surface area (Å²) in [6.07, 6.45) is 1.38. The van der Waals surface area contributed by atoms with E-state index in [4.69, 9.17) is 11.6 Å². The minimum Gasteiger partial charge on any atom is -0.300 e. The standard InChI is InChI=1S/C7H7Cl.C5H10O/c1-6-2-4-7(8)5-3-6;1-3-5(6)4-2/h2-5H,1H3;3-4H2,1-2H3. The van der Waals surface area contributed by atoms with Crippen molar-refractivity contribution in [2.75, 3.05) is 0 Å². The van der Waals surface area contributed by atoms with Crippen LogP contribution < -0.4 is 0 Å². The van der Waals surface area contributed by atoms with Crippen LogP contribution in [0.15, 0.2) is 24.3 Å². The van der Waals surface area contributed by atoms with Crippen molar-refractivity contribution in [2.45, 2.75) is 33.6 Å². The van der Waals surface area contributed by atoms with E-state index in [2.05, 4.69) is 0 Å². The Morgan fingerprint density at radius 2 is 1.57 bits per heavy atom. The van der Waals surface area contributed by atoms with E-state index in [0.29, 0.717) is 18.6 Å². The SMILES string of the molecule is CCC(=O)CC.Cc1ccc(Cl)cc1. The predicted octanol–water partition coefficient (Wildman–Crippen LogP) is 4.02. The maximum atomic E-state index is 10.2. The first kappa shape index (κ1) is 13.2. The van der Waals surface area contributed by atoms with Crippen molar-refractivity contribution in [1.29, 1.82) is 0 Å². The van der Waals surface area contributed by atoms with Crippen LogP contribution in [-0.2, 0) is 4.79 Å². The van der Waals surface area contributed by atoms with Crippen LogP contribution in [0.4, 0.5) is 0 Å². The second-order valence-corrected chi connectivity index (χ2v) is 3.48. The van der Waals surface area contributed by atoms with Gasteiger partial charge in [-0.15, -0.1) is 0 Å². The molecule has 0 bridgehead atoms. The lowest BCUT2D eigenvalue weighted by molar-refractivity contribution is -0.118. The zero-order valence-electron chi connectivity index (χ0n) is 9.01. The lowest BCUT2D eigenvalue weighted by Crippen LogP contribution is -1.88. The largest absolute Gasteiger partial charge is 0.300 e. The molecule has 0 aliphatic heterocycles. The molecular formula is C12H17ClO. The molecule has 0 fully saturated rings. The Kier molecular flexibility index (Phi) is 7.13. The average molecular weight is 213 g/mol. The summed E-state index contributed by atoms with van der Waals surface area (Å²) in [6.45, 7) is 5.80. The summed E-state index contributed by atoms with van der Waals surface area (Å²) in [4.78, 5) is 10.2. The molecule has 14 heavy (non-hydrogen) atoms. The highest BCUT2D eigenvalue weighted by Gasteiger charge is 1.86. The fourth-order valence-electron chi connectivity index (χ4n) is 0.783. The van der Waals surface area contributed by atoms with E-state index in [0.717, 1.165) is 5.02 Å². The maximum absolute atomic E-state index is 10.2. The van der Waals surface area contributed by atoms with Gasteiger partial charge in [0.2, 0.25) is 0 Å². The second-order valence-electron chi connectivity index (χ2n) is 3.04. The lowest BCUT2D eigenvalue weighted by Gasteiger charge is -1.88. The fraction of sp³-hybridized carbons (Fsp3) is 0.417. The van der Waals surface area contributed by atoms with Crippen molar-refractivity contribution in [3.05, 3.63) is 34.9 Å². The fourth-order valence-corrected chi connectivity index (χ4v) is 0.909. The highest BCUT2D eigenvalue weighted by atomic mass is 35.5. The minimum atomic E-state index is 0.343. The molecule has 1 aromatic rings. The number of ketones is 1. The molecule has 0 amide bonds. The van der Waals surface area contributed by atoms with Crippen LogP contribution in [0.1, 0.15) is 32.3 Å². The van der Waals surface area contributed by atoms with Crippen LogP contribution in [-0.4, -0.2) is 5.78 Å². The van der Waals surface area contributed by atoms with E-state index in [1.807, 2.05) is 45.0 Å². The van der Waals surface area contributed by atoms with Crippen LogP contribution in [0.25, 0.3) is 0 Å². The number of hydrogen-bond donors (Lipinski definition) is 0. The zero-order chi connectivity index (χ0) is 11.0. The molecule has 0 spiro atoms. The van der Waals surface area contributed by atoms with Crippen LogP contribution >= 0.6 is 11.6 Å². The molecule has 0 aliphatic rings. The van der Waals surface area contributed by atoms with E-state index < -0.39 is 0 Å². The maximum Gasteiger partial charge on any atom is 0.132 e. The molecule has 0 N–H and O–H groups in total. The van der Waals surface area contributed by atoms with Gasteiger partial charge in [-0.2, -0.15) is 0 Å². The van der Waals surface area contributed by atoms with Crippen LogP contribution in [0.2, 0.25) is 5.02 Å². The van der Waals surface area contributed by atoms with Gasteiger partial charge in [-0.3, -0.25) is 4.79 Å². The van der Waals surface area contributed by atoms with E-state index in [1.54, 1.807) is 0 Å². The van der Waals surface area contributed by atoms with Crippen molar-refractivity contribution >= 4 is 17.4 Å². The Morgan fingerprint density at radius 1 is 1.14 bits per heavy atom. The Balaban J connectivity index is 0.000000255. The number of aryl methyl sites for hydroxylation is 1. The third-order valence-corrected chi connectivity index (χ3v) is 2.05. The molecule has 0 atom stereocenters. The number of benzene rings is 1. The van der Waals surface area contributed by atoms with Gasteiger partial charge in [0.25, 0.3) is 0 Å². The molecule has 1 rings (SSSR count). The van der Waals surface area contributed by atoms with Crippen molar-refractivity contribution in [3.63, 3.8) is 0 Å². The summed E-state index contributed by atoms with van der Waals surface area (Å²) in [5, 5.41) is 0.801. The highest BCUT2D eigenvalue weighted by molar-refractivity contribution is 6.30. The number of hydrogen-bond acceptors (Lipinski definition) is 1. The van der Waals surface area contributed by atoms with Crippen LogP contribution in [0, 0.1) is 6.92 Å². The van der Waals surface area contributed by atoms with Crippen molar-refractivity contribution in [1.82, 2.24) is 0 Å². The summed E-state index contributed by atoms with van der Waals surface area (Å²) in [7, 11) is 0. The smallest absolute Gasteiger partial charge is 0.132 e. The molecular weight excluding hydrogens is 196 g/mol. The Hall–Kier alpha value is -0.820. The topological polar surface area (TPSA) is 17.1 Å². The number of carbonyl (C=O) groups excluding carboxylic acids is 1. The molecule has 1 nitrogen and oxygen atoms in total. The van der Waals surface area contributed by atoms with Gasteiger partial charge in [0, 0.05) is 17.9 Å². The molecule has 0 heterocycles. The van der Waals surface area contributed by atoms with Gasteiger partial charge in [0.15, 0.2) is 0 Å². The van der Waals surface area contributed by atoms with E-state index in [9.17, 15) is 4.79 Å². The third kappa shape index (κ3) is 6.67. The Morgan fingerprint density at radius 3 is 1.79 bits per heavy atom. The van der Waals surface area contributed by atoms with Gasteiger partial charge < -0.3 is 0 Å². The minimum absolute atomic E-state index is 0.343. The molecule has 0 radical (unpaired) electrons. The quantitative estimate of drug-likeness (QED) is 0.724. The van der Waals surface area contributed by atoms with Crippen molar-refractivity contribution in [3.8, 4) is 0 Å². The molecule has 0 unspecified atom stereocenters. The van der Waals surface area contributed by atoms with Gasteiger partial charge in [-0.05, 0) is 19.1 Å². The Labute approximate surface area is 91.1 Å². The number of Topliss-reactive ketones (excluding diaryl/α,β-unsaturated/α-hetero) is 1. The second kappa shape index (κ2) is 7.57. The summed E-state index contributed by atoms with van der Waals surface area (Å²) >= 11 is 5.61. The van der Waals surface area contributed by atoms with Gasteiger partial charge >= 0.3 is 0 Å². The molecule has 0 aliphatic carbocycles. The Bertz CT molecular complexity index is 237. The van der Waals surface area contributed by atoms with Crippen molar-refractivity contribution < 1.29 is 4.79 Å². The highest BCUT2D eigenvalue weighted by Crippen LogP contribution is 2.07. The molecule has 78 valence electrons. The normalized spacial score (nSPS) is 8.86. The van der Waals surface area contributed by atoms with E-state index in [1.165, 1.54) is 5.56 Å². The van der Waals surface area contributed by atoms with Crippen LogP contribution in [0.5, 0.6) is 0 Å². The van der Waals surface area contributed by atoms with Gasteiger partial charge in [0.05, 0.1) is 0 Å². The predicted molar refractivity (Wildman–Crippen MR) is 61.8 cm³/mol. The zero-order valence-corrected chi connectivity index (χ0v) is 9.77. The van der Waals surface area contributed by atoms with Gasteiger partial charge in [0.1, 0.15) is 5.78 Å². The van der Waals surface area contributed by atoms with Crippen molar-refractivity contribution in [2.24, 2.45) is 0 Å². The van der Waals surface area contributed by atoms with Crippen LogP contribution in [0.3, 0.4) is 0 Å². The molecule has 2 heteroatoms. The summed E-state index contributed by atoms with van der Waals surface area (Å²) in [5.41, 5.74) is 1.24.